The molecular formula is C21H20N2O2S. The highest BCUT2D eigenvalue weighted by atomic mass is 32.1. The summed E-state index contributed by atoms with van der Waals surface area (Å²) in [5.41, 5.74) is 1.46. The number of hydrogen-bond acceptors (Lipinski definition) is 3. The van der Waals surface area contributed by atoms with E-state index in [1.165, 1.54) is 0 Å². The molecule has 1 aromatic heterocycles. The van der Waals surface area contributed by atoms with Gasteiger partial charge in [0.05, 0.1) is 0 Å². The van der Waals surface area contributed by atoms with Gasteiger partial charge in [0.2, 0.25) is 5.91 Å². The average Bonchev–Trinajstić information content (AvgIpc) is 3.19. The van der Waals surface area contributed by atoms with Crippen LogP contribution in [0.1, 0.15) is 22.9 Å². The molecule has 0 radical (unpaired) electrons. The van der Waals surface area contributed by atoms with E-state index < -0.39 is 6.04 Å². The van der Waals surface area contributed by atoms with E-state index in [9.17, 15) is 9.59 Å². The number of nitrogens with one attached hydrogen (secondary N) is 2. The monoisotopic (exact) mass is 364 g/mol. The summed E-state index contributed by atoms with van der Waals surface area (Å²) in [6, 6.07) is 21.8. The van der Waals surface area contributed by atoms with Crippen molar-refractivity contribution in [2.24, 2.45) is 0 Å². The van der Waals surface area contributed by atoms with Crippen molar-refractivity contribution in [1.29, 1.82) is 0 Å². The SMILES string of the molecule is O=C(CCc1cccs1)NC(C(=O)Nc1ccccc1)c1ccccc1. The van der Waals surface area contributed by atoms with Crippen molar-refractivity contribution in [2.75, 3.05) is 5.32 Å². The van der Waals surface area contributed by atoms with Gasteiger partial charge in [-0.15, -0.1) is 11.3 Å². The summed E-state index contributed by atoms with van der Waals surface area (Å²) in [6.07, 6.45) is 1.02. The van der Waals surface area contributed by atoms with Gasteiger partial charge in [-0.1, -0.05) is 54.6 Å². The minimum absolute atomic E-state index is 0.143. The van der Waals surface area contributed by atoms with Crippen molar-refractivity contribution >= 4 is 28.8 Å². The molecule has 3 aromatic rings. The van der Waals surface area contributed by atoms with E-state index >= 15 is 0 Å². The number of anilines is 1. The number of carbonyl (C=O) groups is 2. The van der Waals surface area contributed by atoms with E-state index in [2.05, 4.69) is 10.6 Å². The molecule has 3 rings (SSSR count). The summed E-state index contributed by atoms with van der Waals surface area (Å²) in [5, 5.41) is 7.73. The molecule has 132 valence electrons. The summed E-state index contributed by atoms with van der Waals surface area (Å²) in [7, 11) is 0. The van der Waals surface area contributed by atoms with Crippen LogP contribution in [-0.4, -0.2) is 11.8 Å². The first-order valence-electron chi connectivity index (χ1n) is 8.45. The molecule has 0 saturated carbocycles. The topological polar surface area (TPSA) is 58.2 Å². The maximum atomic E-state index is 12.8. The summed E-state index contributed by atoms with van der Waals surface area (Å²) in [4.78, 5) is 26.3. The molecule has 0 fully saturated rings. The van der Waals surface area contributed by atoms with Gasteiger partial charge >= 0.3 is 0 Å². The summed E-state index contributed by atoms with van der Waals surface area (Å²) < 4.78 is 0. The summed E-state index contributed by atoms with van der Waals surface area (Å²) in [5.74, 6) is -0.401. The Morgan fingerprint density at radius 1 is 0.885 bits per heavy atom. The zero-order valence-electron chi connectivity index (χ0n) is 14.2. The van der Waals surface area contributed by atoms with E-state index in [-0.39, 0.29) is 11.8 Å². The van der Waals surface area contributed by atoms with Crippen LogP contribution in [0.5, 0.6) is 0 Å². The van der Waals surface area contributed by atoms with Gasteiger partial charge in [0, 0.05) is 17.0 Å². The fourth-order valence-corrected chi connectivity index (χ4v) is 3.32. The number of benzene rings is 2. The van der Waals surface area contributed by atoms with Crippen LogP contribution < -0.4 is 10.6 Å². The van der Waals surface area contributed by atoms with Crippen LogP contribution in [0.3, 0.4) is 0 Å². The molecule has 5 heteroatoms. The largest absolute Gasteiger partial charge is 0.341 e. The smallest absolute Gasteiger partial charge is 0.251 e. The van der Waals surface area contributed by atoms with Crippen LogP contribution in [-0.2, 0) is 16.0 Å². The number of rotatable bonds is 7. The second-order valence-electron chi connectivity index (χ2n) is 5.85. The van der Waals surface area contributed by atoms with Crippen LogP contribution in [0.2, 0.25) is 0 Å². The molecule has 0 aliphatic heterocycles. The lowest BCUT2D eigenvalue weighted by Crippen LogP contribution is -2.37. The molecular weight excluding hydrogens is 344 g/mol. The Morgan fingerprint density at radius 3 is 2.23 bits per heavy atom. The third-order valence-electron chi connectivity index (χ3n) is 3.92. The maximum absolute atomic E-state index is 12.8. The van der Waals surface area contributed by atoms with Gasteiger partial charge in [-0.25, -0.2) is 0 Å². The van der Waals surface area contributed by atoms with Crippen molar-refractivity contribution < 1.29 is 9.59 Å². The van der Waals surface area contributed by atoms with Gasteiger partial charge < -0.3 is 10.6 Å². The van der Waals surface area contributed by atoms with E-state index in [1.54, 1.807) is 11.3 Å². The van der Waals surface area contributed by atoms with Gasteiger partial charge in [0.1, 0.15) is 6.04 Å². The molecule has 0 aliphatic carbocycles. The summed E-state index contributed by atoms with van der Waals surface area (Å²) in [6.45, 7) is 0. The molecule has 1 atom stereocenters. The highest BCUT2D eigenvalue weighted by Crippen LogP contribution is 2.17. The number of hydrogen-bond donors (Lipinski definition) is 2. The molecule has 4 nitrogen and oxygen atoms in total. The normalized spacial score (nSPS) is 11.5. The van der Waals surface area contributed by atoms with Gasteiger partial charge in [-0.2, -0.15) is 0 Å². The minimum Gasteiger partial charge on any atom is -0.341 e. The van der Waals surface area contributed by atoms with Crippen molar-refractivity contribution in [3.05, 3.63) is 88.6 Å². The molecule has 26 heavy (non-hydrogen) atoms. The standard InChI is InChI=1S/C21H20N2O2S/c24-19(14-13-18-12-7-15-26-18)23-20(16-8-3-1-4-9-16)21(25)22-17-10-5-2-6-11-17/h1-12,15,20H,13-14H2,(H,22,25)(H,23,24). The number of carbonyl (C=O) groups excluding carboxylic acids is 2. The highest BCUT2D eigenvalue weighted by Gasteiger charge is 2.22. The molecule has 0 aliphatic rings. The molecule has 0 bridgehead atoms. The Hall–Kier alpha value is -2.92. The minimum atomic E-state index is -0.729. The van der Waals surface area contributed by atoms with Crippen LogP contribution in [0, 0.1) is 0 Å². The van der Waals surface area contributed by atoms with Crippen LogP contribution in [0.15, 0.2) is 78.2 Å². The van der Waals surface area contributed by atoms with Crippen LogP contribution in [0.4, 0.5) is 5.69 Å². The summed E-state index contributed by atoms with van der Waals surface area (Å²) >= 11 is 1.63. The van der Waals surface area contributed by atoms with E-state index in [0.29, 0.717) is 18.5 Å². The van der Waals surface area contributed by atoms with Gasteiger partial charge in [-0.05, 0) is 35.6 Å². The first-order valence-corrected chi connectivity index (χ1v) is 9.33. The van der Waals surface area contributed by atoms with Crippen LogP contribution >= 0.6 is 11.3 Å². The third-order valence-corrected chi connectivity index (χ3v) is 4.86. The van der Waals surface area contributed by atoms with E-state index in [0.717, 1.165) is 10.4 Å². The molecule has 0 saturated heterocycles. The highest BCUT2D eigenvalue weighted by molar-refractivity contribution is 7.09. The quantitative estimate of drug-likeness (QED) is 0.661. The lowest BCUT2D eigenvalue weighted by Gasteiger charge is -2.19. The third kappa shape index (κ3) is 5.04. The van der Waals surface area contributed by atoms with Crippen LogP contribution in [0.25, 0.3) is 0 Å². The van der Waals surface area contributed by atoms with Crippen molar-refractivity contribution in [3.8, 4) is 0 Å². The first kappa shape index (κ1) is 17.9. The second kappa shape index (κ2) is 8.97. The zero-order valence-corrected chi connectivity index (χ0v) is 15.0. The Morgan fingerprint density at radius 2 is 1.58 bits per heavy atom. The Balaban J connectivity index is 1.69. The second-order valence-corrected chi connectivity index (χ2v) is 6.88. The maximum Gasteiger partial charge on any atom is 0.251 e. The number of para-hydroxylation sites is 1. The predicted molar refractivity (Wildman–Crippen MR) is 105 cm³/mol. The lowest BCUT2D eigenvalue weighted by molar-refractivity contribution is -0.126. The fraction of sp³-hybridized carbons (Fsp3) is 0.143. The Kier molecular flexibility index (Phi) is 6.17. The number of amides is 2. The first-order chi connectivity index (χ1) is 12.7. The Labute approximate surface area is 156 Å². The van der Waals surface area contributed by atoms with E-state index in [4.69, 9.17) is 0 Å². The Bertz CT molecular complexity index is 833. The van der Waals surface area contributed by atoms with Crippen molar-refractivity contribution in [3.63, 3.8) is 0 Å². The number of aryl methyl sites for hydroxylation is 1. The molecule has 0 spiro atoms. The molecule has 1 unspecified atom stereocenters. The average molecular weight is 364 g/mol. The van der Waals surface area contributed by atoms with E-state index in [1.807, 2.05) is 78.2 Å². The zero-order chi connectivity index (χ0) is 18.2. The lowest BCUT2D eigenvalue weighted by atomic mass is 10.1. The molecule has 2 aromatic carbocycles. The van der Waals surface area contributed by atoms with Gasteiger partial charge in [0.25, 0.3) is 5.91 Å². The van der Waals surface area contributed by atoms with Crippen molar-refractivity contribution in [1.82, 2.24) is 5.32 Å². The van der Waals surface area contributed by atoms with Gasteiger partial charge in [-0.3, -0.25) is 9.59 Å². The number of thiophene rings is 1. The molecule has 2 N–H and O–H groups in total. The predicted octanol–water partition coefficient (Wildman–Crippen LogP) is 4.18. The fourth-order valence-electron chi connectivity index (χ4n) is 2.61. The molecule has 1 heterocycles. The van der Waals surface area contributed by atoms with Crippen molar-refractivity contribution in [2.45, 2.75) is 18.9 Å². The van der Waals surface area contributed by atoms with Gasteiger partial charge in [0.15, 0.2) is 0 Å². The molecule has 2 amide bonds.